The largest absolute Gasteiger partial charge is 0.376 e. The summed E-state index contributed by atoms with van der Waals surface area (Å²) in [6, 6.07) is 15.4. The summed E-state index contributed by atoms with van der Waals surface area (Å²) in [5, 5.41) is 0. The predicted molar refractivity (Wildman–Crippen MR) is 69.5 cm³/mol. The van der Waals surface area contributed by atoms with Crippen LogP contribution in [-0.2, 0) is 0 Å². The molecule has 0 spiro atoms. The second kappa shape index (κ2) is 4.06. The van der Waals surface area contributed by atoms with E-state index in [1.165, 1.54) is 0 Å². The van der Waals surface area contributed by atoms with E-state index >= 15 is 0 Å². The van der Waals surface area contributed by atoms with Crippen molar-refractivity contribution in [3.8, 4) is 11.1 Å². The van der Waals surface area contributed by atoms with Gasteiger partial charge in [0.1, 0.15) is 0 Å². The van der Waals surface area contributed by atoms with E-state index in [1.807, 2.05) is 48.5 Å². The maximum atomic E-state index is 12.3. The Morgan fingerprint density at radius 2 is 1.47 bits per heavy atom. The molecule has 2 unspecified atom stereocenters. The lowest BCUT2D eigenvalue weighted by molar-refractivity contribution is 0.0985. The Bertz CT molecular complexity index is 592. The van der Waals surface area contributed by atoms with Crippen molar-refractivity contribution in [3.05, 3.63) is 59.7 Å². The van der Waals surface area contributed by atoms with Gasteiger partial charge in [0.25, 0.3) is 0 Å². The lowest BCUT2D eigenvalue weighted by Gasteiger charge is -2.24. The quantitative estimate of drug-likeness (QED) is 0.780. The van der Waals surface area contributed by atoms with Crippen LogP contribution in [0, 0.1) is 0 Å². The summed E-state index contributed by atoms with van der Waals surface area (Å²) in [6.07, 6.45) is 0. The Kier molecular flexibility index (Phi) is 2.54. The van der Waals surface area contributed by atoms with Crippen molar-refractivity contribution < 1.29 is 9.69 Å². The molecule has 1 N–H and O–H groups in total. The van der Waals surface area contributed by atoms with E-state index in [2.05, 4.69) is 0 Å². The molecule has 2 nitrogen and oxygen atoms in total. The van der Waals surface area contributed by atoms with Crippen molar-refractivity contribution in [2.75, 3.05) is 0 Å². The van der Waals surface area contributed by atoms with E-state index in [9.17, 15) is 9.69 Å². The first kappa shape index (κ1) is 10.6. The number of Topliss-reactive ketones (excluding diaryl/α,β-unsaturated/α-hetero) is 1. The smallest absolute Gasteiger partial charge is 0.177 e. The fourth-order valence-corrected chi connectivity index (χ4v) is 3.02. The van der Waals surface area contributed by atoms with Crippen LogP contribution in [0.1, 0.15) is 21.6 Å². The molecule has 0 fully saturated rings. The summed E-state index contributed by atoms with van der Waals surface area (Å²) in [6.45, 7) is 0. The SMILES string of the molecule is O=C1c2ccccc2-c2ccccc2C1PO. The third-order valence-corrected chi connectivity index (χ3v) is 3.98. The monoisotopic (exact) mass is 242 g/mol. The van der Waals surface area contributed by atoms with Crippen LogP contribution in [0.15, 0.2) is 48.5 Å². The van der Waals surface area contributed by atoms with E-state index in [0.29, 0.717) is 0 Å². The zero-order valence-electron chi connectivity index (χ0n) is 9.05. The van der Waals surface area contributed by atoms with E-state index in [-0.39, 0.29) is 20.2 Å². The van der Waals surface area contributed by atoms with Crippen LogP contribution in [0.2, 0.25) is 0 Å². The van der Waals surface area contributed by atoms with Crippen LogP contribution in [0.25, 0.3) is 11.1 Å². The Labute approximate surface area is 101 Å². The molecule has 1 aliphatic carbocycles. The average Bonchev–Trinajstić information content (AvgIpc) is 2.40. The molecule has 2 aromatic carbocycles. The highest BCUT2D eigenvalue weighted by molar-refractivity contribution is 7.33. The molecular weight excluding hydrogens is 231 g/mol. The van der Waals surface area contributed by atoms with Crippen molar-refractivity contribution in [1.29, 1.82) is 0 Å². The number of carbonyl (C=O) groups is 1. The van der Waals surface area contributed by atoms with Gasteiger partial charge in [-0.15, -0.1) is 0 Å². The van der Waals surface area contributed by atoms with Gasteiger partial charge in [0.2, 0.25) is 0 Å². The minimum Gasteiger partial charge on any atom is -0.376 e. The summed E-state index contributed by atoms with van der Waals surface area (Å²) in [5.41, 5.74) is 3.31. The molecule has 1 aliphatic rings. The predicted octanol–water partition coefficient (Wildman–Crippen LogP) is 3.18. The number of hydrogen-bond donors (Lipinski definition) is 1. The number of hydrogen-bond acceptors (Lipinski definition) is 2. The van der Waals surface area contributed by atoms with Crippen LogP contribution < -0.4 is 0 Å². The minimum atomic E-state index is -0.388. The van der Waals surface area contributed by atoms with Gasteiger partial charge in [0.05, 0.1) is 5.66 Å². The van der Waals surface area contributed by atoms with Gasteiger partial charge in [-0.3, -0.25) is 4.79 Å². The van der Waals surface area contributed by atoms with Crippen molar-refractivity contribution >= 4 is 14.6 Å². The normalized spacial score (nSPS) is 18.2. The second-order valence-electron chi connectivity index (χ2n) is 4.06. The molecular formula is C14H11O2P. The Balaban J connectivity index is 2.33. The molecule has 0 bridgehead atoms. The molecule has 2 atom stereocenters. The lowest BCUT2D eigenvalue weighted by Crippen LogP contribution is -2.16. The molecule has 84 valence electrons. The van der Waals surface area contributed by atoms with Gasteiger partial charge in [0, 0.05) is 14.4 Å². The molecule has 0 saturated carbocycles. The van der Waals surface area contributed by atoms with E-state index in [0.717, 1.165) is 22.3 Å². The van der Waals surface area contributed by atoms with Crippen molar-refractivity contribution in [3.63, 3.8) is 0 Å². The van der Waals surface area contributed by atoms with Gasteiger partial charge in [-0.1, -0.05) is 48.5 Å². The van der Waals surface area contributed by atoms with Crippen LogP contribution in [0.3, 0.4) is 0 Å². The average molecular weight is 242 g/mol. The maximum absolute atomic E-state index is 12.3. The molecule has 0 heterocycles. The van der Waals surface area contributed by atoms with Gasteiger partial charge < -0.3 is 4.89 Å². The third-order valence-electron chi connectivity index (χ3n) is 3.15. The van der Waals surface area contributed by atoms with Crippen molar-refractivity contribution in [1.82, 2.24) is 0 Å². The molecule has 0 aromatic heterocycles. The summed E-state index contributed by atoms with van der Waals surface area (Å²) < 4.78 is 0. The Morgan fingerprint density at radius 1 is 0.882 bits per heavy atom. The van der Waals surface area contributed by atoms with Crippen LogP contribution in [-0.4, -0.2) is 10.7 Å². The Hall–Kier alpha value is -1.50. The molecule has 0 amide bonds. The number of rotatable bonds is 1. The van der Waals surface area contributed by atoms with Gasteiger partial charge in [-0.2, -0.15) is 0 Å². The first-order chi connectivity index (χ1) is 8.33. The fourth-order valence-electron chi connectivity index (χ4n) is 2.35. The highest BCUT2D eigenvalue weighted by atomic mass is 31.1. The highest BCUT2D eigenvalue weighted by Crippen LogP contribution is 2.45. The second-order valence-corrected chi connectivity index (χ2v) is 4.89. The topological polar surface area (TPSA) is 37.3 Å². The maximum Gasteiger partial charge on any atom is 0.177 e. The number of fused-ring (bicyclic) bond motifs is 3. The first-order valence-corrected chi connectivity index (χ1v) is 6.47. The molecule has 0 radical (unpaired) electrons. The summed E-state index contributed by atoms with van der Waals surface area (Å²) >= 11 is 0. The number of benzene rings is 2. The van der Waals surface area contributed by atoms with Crippen LogP contribution >= 0.6 is 8.81 Å². The third kappa shape index (κ3) is 1.53. The highest BCUT2D eigenvalue weighted by Gasteiger charge is 2.31. The summed E-state index contributed by atoms with van der Waals surface area (Å²) in [5.74, 6) is 0.0279. The molecule has 3 heteroatoms. The summed E-state index contributed by atoms with van der Waals surface area (Å²) in [7, 11) is -0.383. The van der Waals surface area contributed by atoms with E-state index < -0.39 is 0 Å². The zero-order chi connectivity index (χ0) is 11.8. The van der Waals surface area contributed by atoms with E-state index in [1.54, 1.807) is 0 Å². The van der Waals surface area contributed by atoms with Gasteiger partial charge in [-0.05, 0) is 16.7 Å². The fraction of sp³-hybridized carbons (Fsp3) is 0.0714. The molecule has 0 saturated heterocycles. The van der Waals surface area contributed by atoms with E-state index in [4.69, 9.17) is 0 Å². The first-order valence-electron chi connectivity index (χ1n) is 5.45. The van der Waals surface area contributed by atoms with Crippen LogP contribution in [0.4, 0.5) is 0 Å². The standard InChI is InChI=1S/C14H11O2P/c15-13-11-7-3-1-5-9(11)10-6-2-4-8-12(10)14(13)17-16/h1-8,14,16-17H. The molecule has 0 aliphatic heterocycles. The minimum absolute atomic E-state index is 0.0279. The Morgan fingerprint density at radius 3 is 2.18 bits per heavy atom. The lowest BCUT2D eigenvalue weighted by atomic mass is 9.84. The number of ketones is 1. The van der Waals surface area contributed by atoms with Crippen LogP contribution in [0.5, 0.6) is 0 Å². The van der Waals surface area contributed by atoms with Crippen molar-refractivity contribution in [2.45, 2.75) is 5.66 Å². The van der Waals surface area contributed by atoms with Gasteiger partial charge in [0.15, 0.2) is 5.78 Å². The zero-order valence-corrected chi connectivity index (χ0v) is 10.1. The van der Waals surface area contributed by atoms with Gasteiger partial charge >= 0.3 is 0 Å². The molecule has 2 aromatic rings. The summed E-state index contributed by atoms with van der Waals surface area (Å²) in [4.78, 5) is 21.7. The molecule has 17 heavy (non-hydrogen) atoms. The van der Waals surface area contributed by atoms with Gasteiger partial charge in [-0.25, -0.2) is 0 Å². The number of carbonyl (C=O) groups excluding carboxylic acids is 1. The van der Waals surface area contributed by atoms with Crippen molar-refractivity contribution in [2.24, 2.45) is 0 Å². The molecule has 3 rings (SSSR count).